The van der Waals surface area contributed by atoms with Crippen LogP contribution in [-0.2, 0) is 11.2 Å². The molecule has 5 nitrogen and oxygen atoms in total. The van der Waals surface area contributed by atoms with E-state index in [1.165, 1.54) is 13.2 Å². The second-order valence-electron chi connectivity index (χ2n) is 6.14. The Morgan fingerprint density at radius 1 is 1.22 bits per heavy atom. The Labute approximate surface area is 153 Å². The average molecular weight is 378 g/mol. The molecule has 3 rings (SSSR count). The molecule has 1 aliphatic heterocycles. The Morgan fingerprint density at radius 3 is 2.56 bits per heavy atom. The van der Waals surface area contributed by atoms with E-state index in [2.05, 4.69) is 5.10 Å². The maximum atomic E-state index is 13.6. The normalized spacial score (nSPS) is 19.7. The summed E-state index contributed by atoms with van der Waals surface area (Å²) in [5, 5.41) is 14.3. The third-order valence-corrected chi connectivity index (χ3v) is 4.28. The van der Waals surface area contributed by atoms with Crippen LogP contribution in [-0.4, -0.2) is 40.7 Å². The molecule has 0 radical (unpaired) electrons. The number of hydrazone groups is 1. The van der Waals surface area contributed by atoms with E-state index in [9.17, 15) is 23.1 Å². The van der Waals surface area contributed by atoms with Crippen LogP contribution in [0.15, 0.2) is 59.7 Å². The standard InChI is InChI=1S/C19H17F3N2O3/c1-27-15-9-5-8-14(11-15)16-12-18(26,19(20,21)22)24(23-16)17(25)10-13-6-3-2-4-7-13/h2-9,11,26H,10,12H2,1H3/t18-/m1/s1. The maximum Gasteiger partial charge on any atom is 0.438 e. The molecule has 1 N–H and O–H groups in total. The van der Waals surface area contributed by atoms with Gasteiger partial charge in [-0.1, -0.05) is 42.5 Å². The minimum absolute atomic E-state index is 0.0462. The molecule has 0 saturated heterocycles. The van der Waals surface area contributed by atoms with Gasteiger partial charge in [0.2, 0.25) is 5.91 Å². The summed E-state index contributed by atoms with van der Waals surface area (Å²) < 4.78 is 45.8. The number of nitrogens with zero attached hydrogens (tertiary/aromatic N) is 2. The van der Waals surface area contributed by atoms with Crippen LogP contribution in [0.3, 0.4) is 0 Å². The predicted octanol–water partition coefficient (Wildman–Crippen LogP) is 3.13. The number of aliphatic hydroxyl groups is 1. The van der Waals surface area contributed by atoms with Gasteiger partial charge in [0.05, 0.1) is 25.7 Å². The molecule has 1 aliphatic rings. The van der Waals surface area contributed by atoms with Gasteiger partial charge < -0.3 is 9.84 Å². The fourth-order valence-electron chi connectivity index (χ4n) is 2.84. The zero-order valence-corrected chi connectivity index (χ0v) is 14.4. The van der Waals surface area contributed by atoms with Crippen molar-refractivity contribution in [2.75, 3.05) is 7.11 Å². The predicted molar refractivity (Wildman–Crippen MR) is 92.1 cm³/mol. The minimum atomic E-state index is -5.07. The molecule has 0 saturated carbocycles. The zero-order chi connectivity index (χ0) is 19.7. The molecule has 0 aromatic heterocycles. The average Bonchev–Trinajstić information content (AvgIpc) is 3.02. The first kappa shape index (κ1) is 18.9. The summed E-state index contributed by atoms with van der Waals surface area (Å²) in [6.07, 6.45) is -6.23. The molecule has 27 heavy (non-hydrogen) atoms. The van der Waals surface area contributed by atoms with Gasteiger partial charge in [-0.3, -0.25) is 4.79 Å². The molecule has 1 amide bonds. The lowest BCUT2D eigenvalue weighted by molar-refractivity contribution is -0.302. The highest BCUT2D eigenvalue weighted by atomic mass is 19.4. The number of hydrogen-bond acceptors (Lipinski definition) is 4. The fraction of sp³-hybridized carbons (Fsp3) is 0.263. The molecule has 2 aromatic carbocycles. The topological polar surface area (TPSA) is 62.1 Å². The quantitative estimate of drug-likeness (QED) is 0.889. The van der Waals surface area contributed by atoms with E-state index in [1.54, 1.807) is 48.5 Å². The van der Waals surface area contributed by atoms with Gasteiger partial charge in [-0.25, -0.2) is 0 Å². The molecule has 8 heteroatoms. The molecule has 0 fully saturated rings. The van der Waals surface area contributed by atoms with Crippen LogP contribution in [0.4, 0.5) is 13.2 Å². The monoisotopic (exact) mass is 378 g/mol. The number of hydrogen-bond donors (Lipinski definition) is 1. The SMILES string of the molecule is COc1cccc(C2=NN(C(=O)Cc3ccccc3)[C@](O)(C(F)(F)F)C2)c1. The molecule has 0 aliphatic carbocycles. The summed E-state index contributed by atoms with van der Waals surface area (Å²) >= 11 is 0. The van der Waals surface area contributed by atoms with Gasteiger partial charge in [-0.2, -0.15) is 23.3 Å². The van der Waals surface area contributed by atoms with Crippen molar-refractivity contribution in [1.29, 1.82) is 0 Å². The summed E-state index contributed by atoms with van der Waals surface area (Å²) in [6, 6.07) is 14.6. The highest BCUT2D eigenvalue weighted by molar-refractivity contribution is 6.04. The number of amides is 1. The molecular formula is C19H17F3N2O3. The number of ether oxygens (including phenoxy) is 1. The lowest BCUT2D eigenvalue weighted by atomic mass is 10.0. The molecule has 142 valence electrons. The molecule has 0 spiro atoms. The first-order valence-electron chi connectivity index (χ1n) is 8.12. The van der Waals surface area contributed by atoms with Crippen LogP contribution < -0.4 is 4.74 Å². The molecule has 0 bridgehead atoms. The first-order valence-corrected chi connectivity index (χ1v) is 8.12. The van der Waals surface area contributed by atoms with E-state index in [1.807, 2.05) is 0 Å². The Hall–Kier alpha value is -2.87. The van der Waals surface area contributed by atoms with Crippen molar-refractivity contribution < 1.29 is 27.8 Å². The van der Waals surface area contributed by atoms with Gasteiger partial charge in [0, 0.05) is 5.56 Å². The van der Waals surface area contributed by atoms with Gasteiger partial charge in [0.25, 0.3) is 5.72 Å². The van der Waals surface area contributed by atoms with Crippen LogP contribution in [0, 0.1) is 0 Å². The maximum absolute atomic E-state index is 13.6. The lowest BCUT2D eigenvalue weighted by Gasteiger charge is -2.32. The van der Waals surface area contributed by atoms with Gasteiger partial charge in [0.1, 0.15) is 5.75 Å². The third kappa shape index (κ3) is 3.66. The van der Waals surface area contributed by atoms with Crippen LogP contribution in [0.2, 0.25) is 0 Å². The largest absolute Gasteiger partial charge is 0.497 e. The van der Waals surface area contributed by atoms with Crippen molar-refractivity contribution in [2.45, 2.75) is 24.7 Å². The zero-order valence-electron chi connectivity index (χ0n) is 14.4. The van der Waals surface area contributed by atoms with Gasteiger partial charge in [-0.05, 0) is 17.7 Å². The number of rotatable bonds is 4. The Kier molecular flexibility index (Phi) is 4.93. The summed E-state index contributed by atoms with van der Waals surface area (Å²) in [5.41, 5.74) is -2.57. The summed E-state index contributed by atoms with van der Waals surface area (Å²) in [5.74, 6) is -0.515. The van der Waals surface area contributed by atoms with Crippen LogP contribution in [0.25, 0.3) is 0 Å². The summed E-state index contributed by atoms with van der Waals surface area (Å²) in [7, 11) is 1.43. The molecule has 1 atom stereocenters. The highest BCUT2D eigenvalue weighted by Crippen LogP contribution is 2.41. The second kappa shape index (κ2) is 7.03. The van der Waals surface area contributed by atoms with Crippen molar-refractivity contribution in [3.63, 3.8) is 0 Å². The minimum Gasteiger partial charge on any atom is -0.497 e. The van der Waals surface area contributed by atoms with E-state index < -0.39 is 24.2 Å². The van der Waals surface area contributed by atoms with Crippen molar-refractivity contribution >= 4 is 11.6 Å². The van der Waals surface area contributed by atoms with Crippen LogP contribution in [0.1, 0.15) is 17.5 Å². The van der Waals surface area contributed by atoms with Crippen LogP contribution in [0.5, 0.6) is 5.75 Å². The van der Waals surface area contributed by atoms with Gasteiger partial charge in [-0.15, -0.1) is 0 Å². The van der Waals surface area contributed by atoms with Gasteiger partial charge >= 0.3 is 6.18 Å². The Morgan fingerprint density at radius 2 is 1.93 bits per heavy atom. The molecule has 1 heterocycles. The Balaban J connectivity index is 1.96. The number of halogens is 3. The van der Waals surface area contributed by atoms with Crippen molar-refractivity contribution in [1.82, 2.24) is 5.01 Å². The molecular weight excluding hydrogens is 361 g/mol. The van der Waals surface area contributed by atoms with E-state index in [-0.39, 0.29) is 17.1 Å². The third-order valence-electron chi connectivity index (χ3n) is 4.28. The van der Waals surface area contributed by atoms with Crippen molar-refractivity contribution in [3.05, 3.63) is 65.7 Å². The Bertz CT molecular complexity index is 868. The van der Waals surface area contributed by atoms with E-state index in [4.69, 9.17) is 4.74 Å². The number of benzene rings is 2. The first-order chi connectivity index (χ1) is 12.7. The highest BCUT2D eigenvalue weighted by Gasteiger charge is 2.63. The summed E-state index contributed by atoms with van der Waals surface area (Å²) in [4.78, 5) is 12.5. The number of carbonyl (C=O) groups excluding carboxylic acids is 1. The summed E-state index contributed by atoms with van der Waals surface area (Å²) in [6.45, 7) is 0. The van der Waals surface area contributed by atoms with E-state index >= 15 is 0 Å². The van der Waals surface area contributed by atoms with Crippen molar-refractivity contribution in [3.8, 4) is 5.75 Å². The van der Waals surface area contributed by atoms with E-state index in [0.29, 0.717) is 16.9 Å². The lowest BCUT2D eigenvalue weighted by Crippen LogP contribution is -2.57. The van der Waals surface area contributed by atoms with Crippen molar-refractivity contribution in [2.24, 2.45) is 5.10 Å². The van der Waals surface area contributed by atoms with Crippen LogP contribution >= 0.6 is 0 Å². The second-order valence-corrected chi connectivity index (χ2v) is 6.14. The molecule has 2 aromatic rings. The number of methoxy groups -OCH3 is 1. The number of carbonyl (C=O) groups is 1. The van der Waals surface area contributed by atoms with Gasteiger partial charge in [0.15, 0.2) is 0 Å². The fourth-order valence-corrected chi connectivity index (χ4v) is 2.84. The smallest absolute Gasteiger partial charge is 0.438 e. The number of alkyl halides is 3. The molecule has 0 unspecified atom stereocenters. The van der Waals surface area contributed by atoms with E-state index in [0.717, 1.165) is 0 Å².